The highest BCUT2D eigenvalue weighted by Crippen LogP contribution is 2.17. The van der Waals surface area contributed by atoms with Crippen LogP contribution in [-0.2, 0) is 14.3 Å². The molecule has 0 aliphatic rings. The number of aliphatic hydroxyl groups is 2. The van der Waals surface area contributed by atoms with Crippen LogP contribution in [0.4, 0.5) is 0 Å². The number of amides is 1. The summed E-state index contributed by atoms with van der Waals surface area (Å²) in [5.74, 6) is -0.511. The van der Waals surface area contributed by atoms with Crippen LogP contribution in [-0.4, -0.2) is 46.9 Å². The molecular formula is C55H101NO5. The molecule has 0 fully saturated rings. The molecule has 6 nitrogen and oxygen atoms in total. The van der Waals surface area contributed by atoms with Gasteiger partial charge in [0.25, 0.3) is 0 Å². The molecule has 0 aliphatic heterocycles. The maximum Gasteiger partial charge on any atom is 0.306 e. The van der Waals surface area contributed by atoms with Gasteiger partial charge in [0.2, 0.25) is 5.91 Å². The van der Waals surface area contributed by atoms with Gasteiger partial charge in [-0.3, -0.25) is 9.59 Å². The summed E-state index contributed by atoms with van der Waals surface area (Å²) in [6.45, 7) is 6.44. The van der Waals surface area contributed by atoms with Crippen LogP contribution in [0.3, 0.4) is 0 Å². The molecule has 0 spiro atoms. The maximum absolute atomic E-state index is 13.2. The number of hydrogen-bond acceptors (Lipinski definition) is 5. The van der Waals surface area contributed by atoms with Crippen molar-refractivity contribution in [3.8, 4) is 0 Å². The molecule has 3 atom stereocenters. The lowest BCUT2D eigenvalue weighted by Crippen LogP contribution is -2.46. The molecule has 1 amide bonds. The first-order valence-electron chi connectivity index (χ1n) is 26.4. The van der Waals surface area contributed by atoms with Gasteiger partial charge in [0.15, 0.2) is 0 Å². The SMILES string of the molecule is CCCCC/C=C\C/C=C\C/C=C\CCCCC(CC(=O)NC(CO)C(O)CCCCCCCCCCCCCC)OC(=O)CCCCCCCCC/C=C\CCCCCC. The van der Waals surface area contributed by atoms with Crippen molar-refractivity contribution in [3.63, 3.8) is 0 Å². The van der Waals surface area contributed by atoms with Crippen molar-refractivity contribution in [2.24, 2.45) is 0 Å². The summed E-state index contributed by atoms with van der Waals surface area (Å²) in [4.78, 5) is 26.1. The van der Waals surface area contributed by atoms with E-state index in [0.717, 1.165) is 70.6 Å². The summed E-state index contributed by atoms with van der Waals surface area (Å²) in [6, 6.07) is -0.714. The number of aliphatic hydroxyl groups excluding tert-OH is 2. The normalized spacial score (nSPS) is 13.6. The van der Waals surface area contributed by atoms with Gasteiger partial charge in [0, 0.05) is 6.42 Å². The lowest BCUT2D eigenvalue weighted by molar-refractivity contribution is -0.151. The van der Waals surface area contributed by atoms with E-state index in [1.807, 2.05) is 0 Å². The van der Waals surface area contributed by atoms with Crippen molar-refractivity contribution in [2.45, 2.75) is 283 Å². The second-order valence-electron chi connectivity index (χ2n) is 17.9. The minimum absolute atomic E-state index is 0.0509. The van der Waals surface area contributed by atoms with E-state index in [4.69, 9.17) is 4.74 Å². The molecule has 0 bridgehead atoms. The zero-order chi connectivity index (χ0) is 44.5. The Morgan fingerprint density at radius 1 is 0.475 bits per heavy atom. The highest BCUT2D eigenvalue weighted by Gasteiger charge is 2.24. The first-order valence-corrected chi connectivity index (χ1v) is 26.4. The van der Waals surface area contributed by atoms with Crippen molar-refractivity contribution >= 4 is 11.9 Å². The lowest BCUT2D eigenvalue weighted by Gasteiger charge is -2.24. The number of nitrogens with one attached hydrogen (secondary N) is 1. The molecule has 6 heteroatoms. The van der Waals surface area contributed by atoms with Crippen LogP contribution >= 0.6 is 0 Å². The number of unbranched alkanes of at least 4 members (excludes halogenated alkanes) is 27. The Balaban J connectivity index is 4.65. The van der Waals surface area contributed by atoms with Gasteiger partial charge in [-0.05, 0) is 89.9 Å². The molecular weight excluding hydrogens is 755 g/mol. The van der Waals surface area contributed by atoms with E-state index >= 15 is 0 Å². The standard InChI is InChI=1S/C55H101NO5/c1-4-7-10-13-16-19-22-25-27-29-31-34-37-40-43-46-51(61-55(60)48-45-42-39-36-33-30-28-26-23-20-17-14-11-8-5-2)49-54(59)56-52(50-57)53(58)47-44-41-38-35-32-24-21-18-15-12-9-6-3/h16,19-20,23,25,27,31,34,51-53,57-58H,4-15,17-18,21-22,24,26,28-30,32-33,35-50H2,1-3H3,(H,56,59)/b19-16-,23-20-,27-25-,34-31-. The number of rotatable bonds is 47. The number of hydrogen-bond donors (Lipinski definition) is 3. The summed E-state index contributed by atoms with van der Waals surface area (Å²) >= 11 is 0. The zero-order valence-electron chi connectivity index (χ0n) is 40.5. The topological polar surface area (TPSA) is 95.9 Å². The van der Waals surface area contributed by atoms with Crippen LogP contribution in [0.25, 0.3) is 0 Å². The molecule has 0 rings (SSSR count). The van der Waals surface area contributed by atoms with Crippen molar-refractivity contribution in [1.82, 2.24) is 5.32 Å². The van der Waals surface area contributed by atoms with E-state index in [9.17, 15) is 19.8 Å². The average Bonchev–Trinajstić information content (AvgIpc) is 3.25. The fourth-order valence-electron chi connectivity index (χ4n) is 7.84. The molecule has 0 saturated heterocycles. The first-order chi connectivity index (χ1) is 30.0. The first kappa shape index (κ1) is 58.8. The van der Waals surface area contributed by atoms with Crippen LogP contribution < -0.4 is 5.32 Å². The van der Waals surface area contributed by atoms with E-state index in [-0.39, 0.29) is 24.9 Å². The van der Waals surface area contributed by atoms with Gasteiger partial charge in [-0.2, -0.15) is 0 Å². The van der Waals surface area contributed by atoms with Gasteiger partial charge in [0.05, 0.1) is 25.2 Å². The Morgan fingerprint density at radius 3 is 1.34 bits per heavy atom. The average molecular weight is 856 g/mol. The largest absolute Gasteiger partial charge is 0.462 e. The maximum atomic E-state index is 13.2. The molecule has 61 heavy (non-hydrogen) atoms. The van der Waals surface area contributed by atoms with Gasteiger partial charge in [0.1, 0.15) is 6.10 Å². The highest BCUT2D eigenvalue weighted by atomic mass is 16.5. The van der Waals surface area contributed by atoms with Gasteiger partial charge in [-0.1, -0.05) is 211 Å². The van der Waals surface area contributed by atoms with E-state index in [1.165, 1.54) is 148 Å². The molecule has 356 valence electrons. The quantitative estimate of drug-likeness (QED) is 0.0322. The zero-order valence-corrected chi connectivity index (χ0v) is 40.5. The van der Waals surface area contributed by atoms with Crippen molar-refractivity contribution in [3.05, 3.63) is 48.6 Å². The van der Waals surface area contributed by atoms with Gasteiger partial charge in [-0.25, -0.2) is 0 Å². The van der Waals surface area contributed by atoms with Gasteiger partial charge < -0.3 is 20.3 Å². The minimum atomic E-state index is -0.798. The molecule has 3 unspecified atom stereocenters. The van der Waals surface area contributed by atoms with Gasteiger partial charge in [-0.15, -0.1) is 0 Å². The van der Waals surface area contributed by atoms with Crippen molar-refractivity contribution in [2.75, 3.05) is 6.61 Å². The summed E-state index contributed by atoms with van der Waals surface area (Å²) in [5, 5.41) is 23.8. The molecule has 0 aliphatic carbocycles. The number of carbonyl (C=O) groups is 2. The summed E-state index contributed by atoms with van der Waals surface area (Å²) in [6.07, 6.45) is 58.8. The molecule has 0 heterocycles. The highest BCUT2D eigenvalue weighted by molar-refractivity contribution is 5.77. The van der Waals surface area contributed by atoms with Gasteiger partial charge >= 0.3 is 5.97 Å². The molecule has 0 radical (unpaired) electrons. The third kappa shape index (κ3) is 44.2. The predicted octanol–water partition coefficient (Wildman–Crippen LogP) is 15.8. The van der Waals surface area contributed by atoms with Crippen LogP contribution in [0.1, 0.15) is 265 Å². The summed E-state index contributed by atoms with van der Waals surface area (Å²) in [5.41, 5.74) is 0. The Hall–Kier alpha value is -2.18. The number of ether oxygens (including phenoxy) is 1. The molecule has 3 N–H and O–H groups in total. The van der Waals surface area contributed by atoms with E-state index in [1.54, 1.807) is 0 Å². The molecule has 0 aromatic heterocycles. The van der Waals surface area contributed by atoms with Crippen LogP contribution in [0.5, 0.6) is 0 Å². The van der Waals surface area contributed by atoms with E-state index in [0.29, 0.717) is 19.3 Å². The number of esters is 1. The Kier molecular flexibility index (Phi) is 47.1. The van der Waals surface area contributed by atoms with Crippen LogP contribution in [0, 0.1) is 0 Å². The summed E-state index contributed by atoms with van der Waals surface area (Å²) in [7, 11) is 0. The van der Waals surface area contributed by atoms with Crippen molar-refractivity contribution < 1.29 is 24.5 Å². The number of carbonyl (C=O) groups excluding carboxylic acids is 2. The minimum Gasteiger partial charge on any atom is -0.462 e. The second-order valence-corrected chi connectivity index (χ2v) is 17.9. The fourth-order valence-corrected chi connectivity index (χ4v) is 7.84. The molecule has 0 aromatic rings. The third-order valence-corrected chi connectivity index (χ3v) is 11.9. The monoisotopic (exact) mass is 856 g/mol. The fraction of sp³-hybridized carbons (Fsp3) is 0.818. The Morgan fingerprint density at radius 2 is 0.836 bits per heavy atom. The van der Waals surface area contributed by atoms with Crippen LogP contribution in [0.15, 0.2) is 48.6 Å². The molecule has 0 aromatic carbocycles. The van der Waals surface area contributed by atoms with E-state index in [2.05, 4.69) is 74.7 Å². The Bertz CT molecular complexity index is 1050. The lowest BCUT2D eigenvalue weighted by atomic mass is 10.0. The van der Waals surface area contributed by atoms with E-state index < -0.39 is 18.2 Å². The second kappa shape index (κ2) is 48.8. The Labute approximate surface area is 378 Å². The summed E-state index contributed by atoms with van der Waals surface area (Å²) < 4.78 is 5.92. The predicted molar refractivity (Wildman–Crippen MR) is 264 cm³/mol. The van der Waals surface area contributed by atoms with Crippen molar-refractivity contribution in [1.29, 1.82) is 0 Å². The smallest absolute Gasteiger partial charge is 0.306 e. The third-order valence-electron chi connectivity index (χ3n) is 11.9. The molecule has 0 saturated carbocycles. The van der Waals surface area contributed by atoms with Crippen LogP contribution in [0.2, 0.25) is 0 Å². The number of allylic oxidation sites excluding steroid dienone is 8.